The highest BCUT2D eigenvalue weighted by atomic mass is 79.9. The minimum atomic E-state index is -0.657. The topological polar surface area (TPSA) is 149 Å². The zero-order valence-corrected chi connectivity index (χ0v) is 36.2. The number of nitrogens with zero attached hydrogens (tertiary/aromatic N) is 6. The Hall–Kier alpha value is -5.54. The summed E-state index contributed by atoms with van der Waals surface area (Å²) in [6.07, 6.45) is 5.55. The van der Waals surface area contributed by atoms with E-state index in [0.29, 0.717) is 46.6 Å². The Balaban J connectivity index is 0.827. The quantitative estimate of drug-likeness (QED) is 0.126. The molecule has 3 atom stereocenters. The van der Waals surface area contributed by atoms with Gasteiger partial charge in [-0.15, -0.1) is 0 Å². The minimum Gasteiger partial charge on any atom is -0.493 e. The lowest BCUT2D eigenvalue weighted by Crippen LogP contribution is -2.52. The first-order valence-corrected chi connectivity index (χ1v) is 21.4. The van der Waals surface area contributed by atoms with Crippen LogP contribution < -0.4 is 25.8 Å². The molecule has 2 N–H and O–H groups in total. The predicted octanol–water partition coefficient (Wildman–Crippen LogP) is 4.81. The predicted molar refractivity (Wildman–Crippen MR) is 233 cm³/mol. The number of likely N-dealkylation sites (N-methyl/N-ethyl adjacent to an activating group) is 1. The Labute approximate surface area is 359 Å². The highest BCUT2D eigenvalue weighted by Crippen LogP contribution is 2.34. The van der Waals surface area contributed by atoms with Crippen molar-refractivity contribution < 1.29 is 23.9 Å². The summed E-state index contributed by atoms with van der Waals surface area (Å²) in [6, 6.07) is 21.4. The summed E-state index contributed by atoms with van der Waals surface area (Å²) in [4.78, 5) is 70.7. The zero-order chi connectivity index (χ0) is 42.5. The van der Waals surface area contributed by atoms with Gasteiger partial charge in [0, 0.05) is 82.2 Å². The Kier molecular flexibility index (Phi) is 13.3. The van der Waals surface area contributed by atoms with E-state index < -0.39 is 11.9 Å². The van der Waals surface area contributed by atoms with Gasteiger partial charge in [0.25, 0.3) is 17.4 Å². The Morgan fingerprint density at radius 3 is 2.48 bits per heavy atom. The third-order valence-electron chi connectivity index (χ3n) is 11.8. The Morgan fingerprint density at radius 1 is 0.967 bits per heavy atom. The number of halogens is 1. The van der Waals surface area contributed by atoms with Crippen LogP contribution in [0.15, 0.2) is 82.2 Å². The molecule has 0 saturated carbocycles. The van der Waals surface area contributed by atoms with Crippen molar-refractivity contribution in [1.29, 1.82) is 0 Å². The van der Waals surface area contributed by atoms with E-state index in [1.807, 2.05) is 25.2 Å². The summed E-state index contributed by atoms with van der Waals surface area (Å²) in [5.74, 6) is -0.0162. The van der Waals surface area contributed by atoms with Gasteiger partial charge >= 0.3 is 0 Å². The minimum absolute atomic E-state index is 0.000173. The van der Waals surface area contributed by atoms with Gasteiger partial charge in [-0.1, -0.05) is 30.3 Å². The van der Waals surface area contributed by atoms with Gasteiger partial charge in [-0.2, -0.15) is 5.10 Å². The van der Waals surface area contributed by atoms with Gasteiger partial charge in [0.2, 0.25) is 11.8 Å². The van der Waals surface area contributed by atoms with Crippen LogP contribution in [0.5, 0.6) is 5.75 Å². The second-order valence-corrected chi connectivity index (χ2v) is 17.0. The van der Waals surface area contributed by atoms with Crippen LogP contribution in [-0.2, 0) is 29.6 Å². The molecule has 2 saturated heterocycles. The van der Waals surface area contributed by atoms with Crippen molar-refractivity contribution in [2.75, 3.05) is 64.1 Å². The van der Waals surface area contributed by atoms with Crippen molar-refractivity contribution in [3.8, 4) is 5.75 Å². The lowest BCUT2D eigenvalue weighted by molar-refractivity contribution is -0.136. The number of hydrogen-bond acceptors (Lipinski definition) is 10. The number of carbonyl (C=O) groups is 4. The van der Waals surface area contributed by atoms with Crippen molar-refractivity contribution in [2.45, 2.75) is 63.1 Å². The van der Waals surface area contributed by atoms with Gasteiger partial charge in [-0.25, -0.2) is 4.68 Å². The zero-order valence-electron chi connectivity index (χ0n) is 34.7. The molecule has 4 amide bonds. The van der Waals surface area contributed by atoms with Gasteiger partial charge in [0.1, 0.15) is 16.3 Å². The van der Waals surface area contributed by atoms with E-state index in [1.165, 1.54) is 15.8 Å². The molecule has 4 aromatic rings. The number of amides is 4. The van der Waals surface area contributed by atoms with Crippen LogP contribution in [-0.4, -0.2) is 114 Å². The number of fused-ring (bicyclic) bond motifs is 1. The van der Waals surface area contributed by atoms with Gasteiger partial charge < -0.3 is 29.7 Å². The number of piperidine rings is 2. The molecule has 3 aliphatic rings. The summed E-state index contributed by atoms with van der Waals surface area (Å²) < 4.78 is 7.93. The lowest BCUT2D eigenvalue weighted by Gasteiger charge is -2.37. The van der Waals surface area contributed by atoms with Crippen LogP contribution in [0.25, 0.3) is 0 Å². The molecule has 1 unspecified atom stereocenters. The van der Waals surface area contributed by atoms with Crippen molar-refractivity contribution in [3.05, 3.63) is 116 Å². The molecule has 1 aromatic heterocycles. The second kappa shape index (κ2) is 18.8. The molecule has 0 spiro atoms. The van der Waals surface area contributed by atoms with Crippen molar-refractivity contribution >= 4 is 50.9 Å². The molecule has 4 heterocycles. The number of anilines is 2. The Bertz CT molecular complexity index is 2280. The molecule has 3 aromatic carbocycles. The van der Waals surface area contributed by atoms with Gasteiger partial charge in [0.05, 0.1) is 25.0 Å². The largest absolute Gasteiger partial charge is 0.493 e. The lowest BCUT2D eigenvalue weighted by atomic mass is 9.87. The highest BCUT2D eigenvalue weighted by Gasteiger charge is 2.40. The summed E-state index contributed by atoms with van der Waals surface area (Å²) in [6.45, 7) is 3.94. The number of carbonyl (C=O) groups excluding carboxylic acids is 4. The van der Waals surface area contributed by atoms with E-state index in [-0.39, 0.29) is 48.2 Å². The number of imide groups is 1. The molecule has 0 bridgehead atoms. The molecular formula is C45H53BrN8O6. The first-order valence-electron chi connectivity index (χ1n) is 20.6. The Morgan fingerprint density at radius 2 is 1.73 bits per heavy atom. The van der Waals surface area contributed by atoms with Crippen LogP contribution in [0.4, 0.5) is 11.4 Å². The number of hydrogen-bond donors (Lipinski definition) is 2. The normalized spacial score (nSPS) is 19.2. The molecule has 15 heteroatoms. The van der Waals surface area contributed by atoms with Crippen molar-refractivity contribution in [3.63, 3.8) is 0 Å². The van der Waals surface area contributed by atoms with Crippen molar-refractivity contribution in [2.24, 2.45) is 7.05 Å². The van der Waals surface area contributed by atoms with Gasteiger partial charge in [-0.3, -0.25) is 29.3 Å². The SMILES string of the molecule is CN1C[C@H](Nc2cnn(C)c(=O)c2Br)C[C@H](c2ccc(C(=O)N(C)CCCN(C)c3ccc(CCCOc4cccc5c4CN(C4CCC(=O)NC4=O)C5=O)cc3)cc2)C1. The average molecular weight is 882 g/mol. The summed E-state index contributed by atoms with van der Waals surface area (Å²) in [7, 11) is 7.64. The number of nitrogens with one attached hydrogen (secondary N) is 2. The van der Waals surface area contributed by atoms with Gasteiger partial charge in [0.15, 0.2) is 0 Å². The van der Waals surface area contributed by atoms with E-state index in [9.17, 15) is 24.0 Å². The average Bonchev–Trinajstić information content (AvgIpc) is 3.58. The van der Waals surface area contributed by atoms with E-state index >= 15 is 0 Å². The molecule has 60 heavy (non-hydrogen) atoms. The smallest absolute Gasteiger partial charge is 0.282 e. The maximum absolute atomic E-state index is 13.4. The second-order valence-electron chi connectivity index (χ2n) is 16.2. The fraction of sp³-hybridized carbons (Fsp3) is 0.422. The highest BCUT2D eigenvalue weighted by molar-refractivity contribution is 9.10. The van der Waals surface area contributed by atoms with Crippen LogP contribution in [0, 0.1) is 0 Å². The molecule has 14 nitrogen and oxygen atoms in total. The van der Waals surface area contributed by atoms with Crippen molar-refractivity contribution in [1.82, 2.24) is 29.8 Å². The van der Waals surface area contributed by atoms with Crippen LogP contribution in [0.3, 0.4) is 0 Å². The summed E-state index contributed by atoms with van der Waals surface area (Å²) in [5, 5.41) is 10.0. The summed E-state index contributed by atoms with van der Waals surface area (Å²) >= 11 is 3.42. The van der Waals surface area contributed by atoms with E-state index in [1.54, 1.807) is 35.2 Å². The fourth-order valence-electron chi connectivity index (χ4n) is 8.46. The molecule has 3 aliphatic heterocycles. The number of ether oxygens (including phenoxy) is 1. The molecular weight excluding hydrogens is 828 g/mol. The standard InChI is InChI=1S/C45H53BrN8O6/c1-50-26-32(24-33(27-50)48-37-25-47-53(4)45(59)41(37)46)30-13-15-31(16-14-30)43(57)52(3)22-7-21-51(2)34-17-11-29(12-18-34)8-6-23-60-39-10-5-9-35-36(39)28-54(44(35)58)38-19-20-40(55)49-42(38)56/h5,9-18,25,32-33,38,48H,6-8,19-24,26-28H2,1-4H3,(H,49,55,56)/t32-,33+,38?/m0/s1. The monoisotopic (exact) mass is 880 g/mol. The van der Waals surface area contributed by atoms with Crippen LogP contribution in [0.1, 0.15) is 75.4 Å². The maximum atomic E-state index is 13.4. The van der Waals surface area contributed by atoms with Crippen LogP contribution >= 0.6 is 15.9 Å². The number of aryl methyl sites for hydroxylation is 2. The number of benzene rings is 3. The molecule has 0 aliphatic carbocycles. The third kappa shape index (κ3) is 9.73. The van der Waals surface area contributed by atoms with Crippen LogP contribution in [0.2, 0.25) is 0 Å². The number of likely N-dealkylation sites (tertiary alicyclic amines) is 1. The maximum Gasteiger partial charge on any atom is 0.282 e. The van der Waals surface area contributed by atoms with E-state index in [2.05, 4.69) is 92.0 Å². The van der Waals surface area contributed by atoms with E-state index in [4.69, 9.17) is 4.74 Å². The number of rotatable bonds is 15. The van der Waals surface area contributed by atoms with E-state index in [0.717, 1.165) is 56.6 Å². The molecule has 2 fully saturated rings. The van der Waals surface area contributed by atoms with Gasteiger partial charge in [-0.05, 0) is 109 Å². The third-order valence-corrected chi connectivity index (χ3v) is 12.6. The molecule has 7 rings (SSSR count). The molecule has 316 valence electrons. The first-order chi connectivity index (χ1) is 28.9. The number of aromatic nitrogens is 2. The molecule has 0 radical (unpaired) electrons. The first kappa shape index (κ1) is 42.6. The summed E-state index contributed by atoms with van der Waals surface area (Å²) in [5.41, 5.74) is 5.99. The fourth-order valence-corrected chi connectivity index (χ4v) is 8.93.